The minimum absolute atomic E-state index is 0. The molecule has 0 aliphatic heterocycles. The number of nitrogens with zero attached hydrogens (tertiary/aromatic N) is 5. The fourth-order valence-corrected chi connectivity index (χ4v) is 6.71. The van der Waals surface area contributed by atoms with Gasteiger partial charge in [0.1, 0.15) is 22.9 Å². The number of hydrogen-bond acceptors (Lipinski definition) is 17. The fraction of sp³-hybridized carbons (Fsp3) is 0.150. The minimum atomic E-state index is -3.56. The van der Waals surface area contributed by atoms with Crippen molar-refractivity contribution < 1.29 is 74.0 Å². The summed E-state index contributed by atoms with van der Waals surface area (Å²) in [5, 5.41) is 76.8. The fourth-order valence-electron chi connectivity index (χ4n) is 5.43. The molecule has 18 nitrogen and oxygen atoms in total. The zero-order valence-electron chi connectivity index (χ0n) is 32.6. The second-order valence-corrected chi connectivity index (χ2v) is 16.5. The van der Waals surface area contributed by atoms with E-state index < -0.39 is 43.4 Å². The van der Waals surface area contributed by atoms with Crippen molar-refractivity contribution in [1.82, 2.24) is 0 Å². The Labute approximate surface area is 360 Å². The zero-order chi connectivity index (χ0) is 43.8. The average molecular weight is 908 g/mol. The third-order valence-electron chi connectivity index (χ3n) is 8.20. The van der Waals surface area contributed by atoms with Crippen LogP contribution in [-0.4, -0.2) is 65.0 Å². The first-order valence-electron chi connectivity index (χ1n) is 17.6. The summed E-state index contributed by atoms with van der Waals surface area (Å²) in [6.07, 6.45) is 0.531. The molecule has 6 aromatic rings. The summed E-state index contributed by atoms with van der Waals surface area (Å²) in [5.41, 5.74) is 0.0541. The van der Waals surface area contributed by atoms with E-state index in [1.807, 2.05) is 0 Å². The Morgan fingerprint density at radius 2 is 1.18 bits per heavy atom. The number of amides is 1. The first kappa shape index (κ1) is 46.9. The molecule has 21 heteroatoms. The van der Waals surface area contributed by atoms with E-state index in [4.69, 9.17) is 9.47 Å². The Balaban J connectivity index is 0.000000264. The van der Waals surface area contributed by atoms with E-state index in [-0.39, 0.29) is 85.7 Å². The van der Waals surface area contributed by atoms with E-state index in [9.17, 15) is 47.2 Å². The number of anilines is 1. The number of hydrogen-bond donors (Lipinski definition) is 3. The smallest absolute Gasteiger partial charge is 0.871 e. The first-order valence-corrected chi connectivity index (χ1v) is 21.4. The molecule has 3 N–H and O–H groups in total. The normalized spacial score (nSPS) is 11.9. The standard InChI is InChI=1S/2C20H19N3O6S.Cr/c2*1-3-29-20(26)21-14-6-4-5-12-7-9-17(25)19(18(12)14)23-22-15-11-13(30(2,27)28)8-10-16(15)24;/h2*4-11,24-25H,3H2,1-2H3,(H,21,26);/q;;+3/p-3. The molecule has 0 aliphatic rings. The molecule has 0 atom stereocenters. The van der Waals surface area contributed by atoms with Crippen LogP contribution >= 0.6 is 0 Å². The number of phenols is 2. The van der Waals surface area contributed by atoms with Crippen molar-refractivity contribution in [3.63, 3.8) is 0 Å². The van der Waals surface area contributed by atoms with Gasteiger partial charge in [0.2, 0.25) is 0 Å². The number of aromatic hydroxyl groups is 2. The van der Waals surface area contributed by atoms with Gasteiger partial charge in [-0.2, -0.15) is 10.2 Å². The number of fused-ring (bicyclic) bond motifs is 2. The third kappa shape index (κ3) is 11.7. The number of phenolic OH excluding ortho intramolecular Hbond substituents is 2. The maximum atomic E-state index is 12.4. The van der Waals surface area contributed by atoms with Gasteiger partial charge in [-0.15, -0.1) is 10.2 Å². The van der Waals surface area contributed by atoms with Crippen LogP contribution in [0.5, 0.6) is 23.0 Å². The summed E-state index contributed by atoms with van der Waals surface area (Å²) >= 11 is 0. The Bertz CT molecular complexity index is 2930. The average Bonchev–Trinajstić information content (AvgIpc) is 3.18. The SMILES string of the molecule is CCOC(=O)Nc1cccc2ccc(O)c(N=Nc3cc(S(C)(=O)=O)ccc3O)c12.CCOC([O-])=Nc1cccc2ccc([O-])c(N=Nc3cc(S(C)(=O)=O)ccc3[O-])c12.[Cr+3]. The van der Waals surface area contributed by atoms with Crippen LogP contribution in [0, 0.1) is 0 Å². The topological polar surface area (TPSA) is 287 Å². The number of sulfone groups is 2. The van der Waals surface area contributed by atoms with Crippen LogP contribution in [0.4, 0.5) is 38.9 Å². The molecule has 0 saturated heterocycles. The molecule has 61 heavy (non-hydrogen) atoms. The van der Waals surface area contributed by atoms with Crippen molar-refractivity contribution in [3.8, 4) is 23.0 Å². The predicted octanol–water partition coefficient (Wildman–Crippen LogP) is 6.83. The molecule has 0 aliphatic carbocycles. The van der Waals surface area contributed by atoms with Crippen molar-refractivity contribution in [2.45, 2.75) is 23.6 Å². The van der Waals surface area contributed by atoms with Gasteiger partial charge < -0.3 is 35.0 Å². The molecule has 0 spiro atoms. The van der Waals surface area contributed by atoms with Crippen molar-refractivity contribution in [2.24, 2.45) is 25.4 Å². The molecule has 6 aromatic carbocycles. The summed E-state index contributed by atoms with van der Waals surface area (Å²) in [4.78, 5) is 15.6. The van der Waals surface area contributed by atoms with Gasteiger partial charge in [-0.05, 0) is 72.8 Å². The van der Waals surface area contributed by atoms with Gasteiger partial charge >= 0.3 is 23.5 Å². The molecule has 0 saturated carbocycles. The predicted molar refractivity (Wildman–Crippen MR) is 217 cm³/mol. The van der Waals surface area contributed by atoms with Gasteiger partial charge in [-0.25, -0.2) is 26.6 Å². The molecule has 6 rings (SSSR count). The van der Waals surface area contributed by atoms with Crippen LogP contribution in [0.1, 0.15) is 13.8 Å². The number of aliphatic imine (C=N–C) groups is 1. The van der Waals surface area contributed by atoms with Gasteiger partial charge in [0.15, 0.2) is 25.8 Å². The van der Waals surface area contributed by atoms with Crippen LogP contribution in [0.15, 0.2) is 132 Å². The van der Waals surface area contributed by atoms with Crippen molar-refractivity contribution >= 4 is 87.5 Å². The van der Waals surface area contributed by atoms with Gasteiger partial charge in [0.25, 0.3) is 0 Å². The second-order valence-electron chi connectivity index (χ2n) is 12.5. The molecule has 0 bridgehead atoms. The van der Waals surface area contributed by atoms with Gasteiger partial charge in [-0.1, -0.05) is 67.0 Å². The van der Waals surface area contributed by atoms with E-state index in [1.165, 1.54) is 42.5 Å². The maximum Gasteiger partial charge on any atom is 3.00 e. The molecule has 0 aromatic heterocycles. The molecular formula is C40H35CrN6O12S2. The number of azo groups is 2. The van der Waals surface area contributed by atoms with Crippen LogP contribution in [0.25, 0.3) is 21.5 Å². The minimum Gasteiger partial charge on any atom is -0.871 e. The Morgan fingerprint density at radius 1 is 0.639 bits per heavy atom. The number of benzene rings is 6. The molecule has 1 radical (unpaired) electrons. The van der Waals surface area contributed by atoms with Crippen molar-refractivity contribution in [2.75, 3.05) is 31.0 Å². The van der Waals surface area contributed by atoms with Gasteiger partial charge in [0.05, 0.1) is 39.1 Å². The van der Waals surface area contributed by atoms with Crippen LogP contribution in [0.3, 0.4) is 0 Å². The van der Waals surface area contributed by atoms with E-state index >= 15 is 0 Å². The van der Waals surface area contributed by atoms with E-state index in [2.05, 4.69) is 30.8 Å². The van der Waals surface area contributed by atoms with Gasteiger partial charge in [0, 0.05) is 23.3 Å². The third-order valence-corrected chi connectivity index (χ3v) is 10.4. The molecule has 0 unspecified atom stereocenters. The summed E-state index contributed by atoms with van der Waals surface area (Å²) in [6, 6.07) is 22.8. The number of rotatable bonds is 10. The van der Waals surface area contributed by atoms with Crippen molar-refractivity contribution in [1.29, 1.82) is 0 Å². The number of nitrogens with one attached hydrogen (secondary N) is 1. The van der Waals surface area contributed by atoms with Gasteiger partial charge in [-0.3, -0.25) is 5.32 Å². The molecule has 1 amide bonds. The Kier molecular flexibility index (Phi) is 15.4. The summed E-state index contributed by atoms with van der Waals surface area (Å²) < 4.78 is 56.7. The molecule has 0 heterocycles. The number of carbonyl (C=O) groups excluding carboxylic acids is 1. The van der Waals surface area contributed by atoms with Crippen LogP contribution < -0.4 is 20.6 Å². The maximum absolute atomic E-state index is 12.4. The number of ether oxygens (including phenoxy) is 2. The Hall–Kier alpha value is -6.79. The largest absolute Gasteiger partial charge is 3.00 e. The summed E-state index contributed by atoms with van der Waals surface area (Å²) in [6.45, 7) is 3.63. The molecular weight excluding hydrogens is 873 g/mol. The Morgan fingerprint density at radius 3 is 1.84 bits per heavy atom. The summed E-state index contributed by atoms with van der Waals surface area (Å²) in [5.74, 6) is -1.57. The van der Waals surface area contributed by atoms with Crippen molar-refractivity contribution in [3.05, 3.63) is 97.1 Å². The molecule has 315 valence electrons. The second kappa shape index (κ2) is 20.0. The number of carbonyl (C=O) groups is 1. The summed E-state index contributed by atoms with van der Waals surface area (Å²) in [7, 11) is -7.08. The van der Waals surface area contributed by atoms with E-state index in [1.54, 1.807) is 56.3 Å². The monoisotopic (exact) mass is 907 g/mol. The first-order chi connectivity index (χ1) is 28.4. The van der Waals surface area contributed by atoms with E-state index in [0.717, 1.165) is 24.6 Å². The van der Waals surface area contributed by atoms with Crippen LogP contribution in [-0.2, 0) is 46.5 Å². The molecule has 0 fully saturated rings. The zero-order valence-corrected chi connectivity index (χ0v) is 35.5. The van der Waals surface area contributed by atoms with Crippen LogP contribution in [0.2, 0.25) is 0 Å². The van der Waals surface area contributed by atoms with E-state index in [0.29, 0.717) is 21.8 Å². The quantitative estimate of drug-likeness (QED) is 0.0724.